The summed E-state index contributed by atoms with van der Waals surface area (Å²) in [6, 6.07) is 2.63. The van der Waals surface area contributed by atoms with Gasteiger partial charge in [0.2, 0.25) is 0 Å². The highest BCUT2D eigenvalue weighted by Crippen LogP contribution is 2.48. The molecule has 0 saturated carbocycles. The highest BCUT2D eigenvalue weighted by atomic mass is 35.5. The molecule has 0 aromatic heterocycles. The second-order valence-corrected chi connectivity index (χ2v) is 26.6. The Hall–Kier alpha value is -0.416. The van der Waals surface area contributed by atoms with E-state index in [-0.39, 0.29) is 42.6 Å². The topological polar surface area (TPSA) is 127 Å². The summed E-state index contributed by atoms with van der Waals surface area (Å²) in [7, 11) is -2.95. The monoisotopic (exact) mass is 776 g/mol. The van der Waals surface area contributed by atoms with Crippen molar-refractivity contribution < 1.29 is 43.5 Å². The fourth-order valence-electron chi connectivity index (χ4n) is 7.30. The smallest absolute Gasteiger partial charge is 0.198 e. The van der Waals surface area contributed by atoms with Crippen LogP contribution in [0.3, 0.4) is 0 Å². The summed E-state index contributed by atoms with van der Waals surface area (Å²) in [6.07, 6.45) is 0.272. The van der Waals surface area contributed by atoms with E-state index >= 15 is 0 Å². The van der Waals surface area contributed by atoms with Gasteiger partial charge in [-0.1, -0.05) is 91.8 Å². The van der Waals surface area contributed by atoms with Gasteiger partial charge in [0.15, 0.2) is 22.4 Å². The van der Waals surface area contributed by atoms with Crippen LogP contribution >= 0.6 is 11.6 Å². The summed E-state index contributed by atoms with van der Waals surface area (Å²) in [6.45, 7) is 29.8. The van der Waals surface area contributed by atoms with Gasteiger partial charge in [-0.2, -0.15) is 0 Å². The van der Waals surface area contributed by atoms with Gasteiger partial charge in [-0.25, -0.2) is 0 Å². The molecule has 2 saturated heterocycles. The van der Waals surface area contributed by atoms with Crippen molar-refractivity contribution in [3.63, 3.8) is 0 Å². The van der Waals surface area contributed by atoms with Crippen molar-refractivity contribution >= 4 is 28.2 Å². The van der Waals surface area contributed by atoms with Crippen molar-refractivity contribution in [1.82, 2.24) is 0 Å². The Morgan fingerprint density at radius 2 is 1.63 bits per heavy atom. The zero-order chi connectivity index (χ0) is 38.9. The molecular formula is C39H73ClO9Si2. The first-order valence-corrected chi connectivity index (χ1v) is 25.1. The molecule has 0 bridgehead atoms. The lowest BCUT2D eigenvalue weighted by Gasteiger charge is -2.56. The van der Waals surface area contributed by atoms with Crippen molar-refractivity contribution in [2.24, 2.45) is 11.8 Å². The molecule has 0 aliphatic carbocycles. The van der Waals surface area contributed by atoms with Crippen LogP contribution in [0.1, 0.15) is 93.9 Å². The lowest BCUT2D eigenvalue weighted by molar-refractivity contribution is -0.354. The minimum absolute atomic E-state index is 0.0179. The lowest BCUT2D eigenvalue weighted by atomic mass is 9.78. The molecule has 0 aromatic rings. The fourth-order valence-corrected chi connectivity index (χ4v) is 11.6. The summed E-state index contributed by atoms with van der Waals surface area (Å²) in [4.78, 5) is 0. The largest absolute Gasteiger partial charge is 0.413 e. The van der Waals surface area contributed by atoms with Gasteiger partial charge in [-0.3, -0.25) is 0 Å². The van der Waals surface area contributed by atoms with E-state index in [2.05, 4.69) is 74.7 Å². The summed E-state index contributed by atoms with van der Waals surface area (Å²) in [5.41, 5.74) is 0.657. The minimum atomic E-state index is -2.37. The predicted octanol–water partition coefficient (Wildman–Crippen LogP) is 7.83. The SMILES string of the molecule is C=C(Cl)/C=C/[C@@H](O)CC(=C)C[C@H]1O[C@@H]([C@H](O[Si](CC)(CC)CC)[C@@]2(OC)C[C@H](O[Si](C)(C)C(C)(C)C)[C@@H](C)[C@@H](CCCCO)O2)[C@H](C)[C@@H](O)[C@@H]1O. The van der Waals surface area contributed by atoms with Crippen LogP contribution in [-0.2, 0) is 23.1 Å². The molecule has 0 amide bonds. The molecule has 4 N–H and O–H groups in total. The molecule has 9 nitrogen and oxygen atoms in total. The van der Waals surface area contributed by atoms with Gasteiger partial charge in [0.05, 0.1) is 36.6 Å². The van der Waals surface area contributed by atoms with Crippen LogP contribution in [0.2, 0.25) is 36.3 Å². The number of ether oxygens (including phenoxy) is 3. The maximum absolute atomic E-state index is 11.6. The Morgan fingerprint density at radius 1 is 1.02 bits per heavy atom. The van der Waals surface area contributed by atoms with E-state index in [0.717, 1.165) is 24.6 Å². The summed E-state index contributed by atoms with van der Waals surface area (Å²) >= 11 is 5.84. The standard InChI is InChI=1S/C39H73ClO9Si2/c1-14-51(15-2,16-3)49-37(36-29(7)34(43)35(44)32(46-36)24-26(4)23-30(42)21-20-27(5)40)39(45-11)25-33(48-50(12,13)38(8,9)10)28(6)31(47-39)19-17-18-22-41/h20-21,28-37,41-44H,4-5,14-19,22-25H2,1-3,6-13H3/b21-20+/t28-,29+,30+,31+,32+,33-,34+,35+,36+,37-,39+/m0/s1. The average Bonchev–Trinajstić information content (AvgIpc) is 3.06. The van der Waals surface area contributed by atoms with Crippen molar-refractivity contribution in [2.75, 3.05) is 13.7 Å². The van der Waals surface area contributed by atoms with E-state index in [0.29, 0.717) is 29.9 Å². The van der Waals surface area contributed by atoms with Crippen molar-refractivity contribution in [3.05, 3.63) is 35.9 Å². The number of rotatable bonds is 20. The second kappa shape index (κ2) is 20.0. The van der Waals surface area contributed by atoms with E-state index in [1.54, 1.807) is 13.2 Å². The number of halogens is 1. The van der Waals surface area contributed by atoms with Crippen molar-refractivity contribution in [3.8, 4) is 0 Å². The molecule has 11 atom stereocenters. The molecule has 0 spiro atoms. The van der Waals surface area contributed by atoms with E-state index in [1.165, 1.54) is 6.08 Å². The second-order valence-electron chi connectivity index (χ2n) is 16.7. The highest BCUT2D eigenvalue weighted by Gasteiger charge is 2.60. The van der Waals surface area contributed by atoms with E-state index in [9.17, 15) is 20.4 Å². The molecule has 0 unspecified atom stereocenters. The van der Waals surface area contributed by atoms with E-state index < -0.39 is 65.0 Å². The van der Waals surface area contributed by atoms with Gasteiger partial charge in [0, 0.05) is 37.0 Å². The first-order chi connectivity index (χ1) is 23.7. The van der Waals surface area contributed by atoms with Crippen LogP contribution in [0, 0.1) is 11.8 Å². The molecule has 2 rings (SSSR count). The van der Waals surface area contributed by atoms with Gasteiger partial charge >= 0.3 is 0 Å². The molecule has 51 heavy (non-hydrogen) atoms. The zero-order valence-corrected chi connectivity index (χ0v) is 36.4. The van der Waals surface area contributed by atoms with Crippen LogP contribution in [-0.4, -0.2) is 105 Å². The van der Waals surface area contributed by atoms with Crippen LogP contribution in [0.4, 0.5) is 0 Å². The third-order valence-electron chi connectivity index (χ3n) is 12.2. The number of hydrogen-bond acceptors (Lipinski definition) is 9. The first kappa shape index (κ1) is 46.7. The number of allylic oxidation sites excluding steroid dienone is 2. The molecule has 2 fully saturated rings. The van der Waals surface area contributed by atoms with E-state index in [4.69, 9.17) is 34.7 Å². The number of methoxy groups -OCH3 is 1. The van der Waals surface area contributed by atoms with Crippen LogP contribution < -0.4 is 0 Å². The molecule has 0 aromatic carbocycles. The average molecular weight is 778 g/mol. The van der Waals surface area contributed by atoms with Crippen LogP contribution in [0.15, 0.2) is 35.9 Å². The Kier molecular flexibility index (Phi) is 18.3. The number of hydrogen-bond donors (Lipinski definition) is 4. The predicted molar refractivity (Wildman–Crippen MR) is 212 cm³/mol. The normalized spacial score (nSPS) is 32.2. The van der Waals surface area contributed by atoms with Gasteiger partial charge < -0.3 is 43.5 Å². The third-order valence-corrected chi connectivity index (χ3v) is 21.4. The molecule has 2 aliphatic heterocycles. The molecular weight excluding hydrogens is 704 g/mol. The van der Waals surface area contributed by atoms with Crippen LogP contribution in [0.25, 0.3) is 0 Å². The lowest BCUT2D eigenvalue weighted by Crippen LogP contribution is -2.69. The maximum Gasteiger partial charge on any atom is 0.198 e. The Morgan fingerprint density at radius 3 is 2.14 bits per heavy atom. The molecule has 12 heteroatoms. The molecule has 2 aliphatic rings. The summed E-state index contributed by atoms with van der Waals surface area (Å²) in [5, 5.41) is 43.5. The Balaban J connectivity index is 2.68. The quantitative estimate of drug-likeness (QED) is 0.0424. The van der Waals surface area contributed by atoms with Crippen molar-refractivity contribution in [2.45, 2.75) is 185 Å². The highest BCUT2D eigenvalue weighted by molar-refractivity contribution is 6.74. The first-order valence-electron chi connectivity index (χ1n) is 19.2. The number of aliphatic hydroxyl groups is 4. The van der Waals surface area contributed by atoms with Crippen LogP contribution in [0.5, 0.6) is 0 Å². The van der Waals surface area contributed by atoms with Crippen molar-refractivity contribution in [1.29, 1.82) is 0 Å². The molecule has 298 valence electrons. The summed E-state index contributed by atoms with van der Waals surface area (Å²) in [5.74, 6) is -1.76. The third kappa shape index (κ3) is 12.0. The number of aliphatic hydroxyl groups excluding tert-OH is 4. The molecule has 2 heterocycles. The zero-order valence-electron chi connectivity index (χ0n) is 33.6. The van der Waals surface area contributed by atoms with Gasteiger partial charge in [0.1, 0.15) is 12.2 Å². The fraction of sp³-hybridized carbons (Fsp3) is 0.846. The Bertz CT molecular complexity index is 1120. The summed E-state index contributed by atoms with van der Waals surface area (Å²) < 4.78 is 35.2. The minimum Gasteiger partial charge on any atom is -0.413 e. The number of unbranched alkanes of at least 4 members (excludes halogenated alkanes) is 1. The maximum atomic E-state index is 11.6. The van der Waals surface area contributed by atoms with Gasteiger partial charge in [-0.15, -0.1) is 0 Å². The van der Waals surface area contributed by atoms with E-state index in [1.807, 2.05) is 6.92 Å². The molecule has 0 radical (unpaired) electrons. The van der Waals surface area contributed by atoms with Gasteiger partial charge in [-0.05, 0) is 74.4 Å². The van der Waals surface area contributed by atoms with Gasteiger partial charge in [0.25, 0.3) is 0 Å². The Labute approximate surface area is 317 Å².